The lowest BCUT2D eigenvalue weighted by molar-refractivity contribution is 0.112. The van der Waals surface area contributed by atoms with Gasteiger partial charge in [0, 0.05) is 51.8 Å². The quantitative estimate of drug-likeness (QED) is 0.921. The van der Waals surface area contributed by atoms with Gasteiger partial charge in [0.25, 0.3) is 0 Å². The topological polar surface area (TPSA) is 44.8 Å². The summed E-state index contributed by atoms with van der Waals surface area (Å²) in [6, 6.07) is 8.45. The zero-order valence-corrected chi connectivity index (χ0v) is 14.5. The molecule has 2 aliphatic heterocycles. The number of amides is 2. The third-order valence-electron chi connectivity index (χ3n) is 4.55. The van der Waals surface area contributed by atoms with Crippen LogP contribution in [0.15, 0.2) is 24.3 Å². The highest BCUT2D eigenvalue weighted by Gasteiger charge is 2.23. The molecule has 5 nitrogen and oxygen atoms in total. The number of hydrogen-bond acceptors (Lipinski definition) is 3. The third kappa shape index (κ3) is 4.44. The molecule has 2 amide bonds. The van der Waals surface area contributed by atoms with Crippen molar-refractivity contribution in [2.24, 2.45) is 0 Å². The smallest absolute Gasteiger partial charge is 0.317 e. The van der Waals surface area contributed by atoms with E-state index in [1.165, 1.54) is 18.5 Å². The summed E-state index contributed by atoms with van der Waals surface area (Å²) in [5.41, 5.74) is 1.29. The molecule has 0 saturated carbocycles. The molecule has 0 atom stereocenters. The van der Waals surface area contributed by atoms with Gasteiger partial charge in [-0.3, -0.25) is 0 Å². The number of ether oxygens (including phenoxy) is 1. The number of likely N-dealkylation sites (tertiary alicyclic amines) is 1. The van der Waals surface area contributed by atoms with Gasteiger partial charge in [0.15, 0.2) is 0 Å². The molecule has 1 N–H and O–H groups in total. The van der Waals surface area contributed by atoms with Gasteiger partial charge in [-0.25, -0.2) is 4.79 Å². The van der Waals surface area contributed by atoms with Gasteiger partial charge in [0.1, 0.15) is 11.9 Å². The SMILES string of the molecule is CNC(=O)N1CCC(Oc2ccc(N3CCCC3)cc2)CC1.Cl. The fraction of sp³-hybridized carbons (Fsp3) is 0.588. The highest BCUT2D eigenvalue weighted by Crippen LogP contribution is 2.25. The number of anilines is 1. The molecule has 0 aromatic heterocycles. The first-order valence-corrected chi connectivity index (χ1v) is 8.24. The number of benzene rings is 1. The lowest BCUT2D eigenvalue weighted by Crippen LogP contribution is -2.45. The highest BCUT2D eigenvalue weighted by molar-refractivity contribution is 5.85. The number of nitrogens with one attached hydrogen (secondary N) is 1. The van der Waals surface area contributed by atoms with Crippen LogP contribution in [0.1, 0.15) is 25.7 Å². The average Bonchev–Trinajstić information content (AvgIpc) is 3.10. The summed E-state index contributed by atoms with van der Waals surface area (Å²) >= 11 is 0. The summed E-state index contributed by atoms with van der Waals surface area (Å²) in [5.74, 6) is 0.932. The average molecular weight is 340 g/mol. The molecular weight excluding hydrogens is 314 g/mol. The Labute approximate surface area is 144 Å². The maximum atomic E-state index is 11.6. The van der Waals surface area contributed by atoms with Gasteiger partial charge in [-0.2, -0.15) is 0 Å². The lowest BCUT2D eigenvalue weighted by Gasteiger charge is -2.31. The molecule has 0 unspecified atom stereocenters. The largest absolute Gasteiger partial charge is 0.490 e. The Kier molecular flexibility index (Phi) is 6.39. The molecule has 0 spiro atoms. The van der Waals surface area contributed by atoms with Crippen LogP contribution >= 0.6 is 12.4 Å². The predicted molar refractivity (Wildman–Crippen MR) is 94.8 cm³/mol. The van der Waals surface area contributed by atoms with Crippen LogP contribution in [0.5, 0.6) is 5.75 Å². The van der Waals surface area contributed by atoms with Gasteiger partial charge >= 0.3 is 6.03 Å². The molecule has 6 heteroatoms. The fourth-order valence-corrected chi connectivity index (χ4v) is 3.24. The first kappa shape index (κ1) is 17.7. The van der Waals surface area contributed by atoms with E-state index >= 15 is 0 Å². The first-order valence-electron chi connectivity index (χ1n) is 8.24. The van der Waals surface area contributed by atoms with Crippen molar-refractivity contribution >= 4 is 24.1 Å². The van der Waals surface area contributed by atoms with Crippen molar-refractivity contribution < 1.29 is 9.53 Å². The molecule has 3 rings (SSSR count). The minimum atomic E-state index is 0. The maximum Gasteiger partial charge on any atom is 0.317 e. The molecule has 0 bridgehead atoms. The Balaban J connectivity index is 0.00000192. The molecule has 23 heavy (non-hydrogen) atoms. The number of carbonyl (C=O) groups is 1. The molecule has 0 aliphatic carbocycles. The summed E-state index contributed by atoms with van der Waals surface area (Å²) in [6.07, 6.45) is 4.57. The van der Waals surface area contributed by atoms with Crippen LogP contribution in [-0.2, 0) is 0 Å². The van der Waals surface area contributed by atoms with E-state index < -0.39 is 0 Å². The van der Waals surface area contributed by atoms with E-state index in [4.69, 9.17) is 4.74 Å². The van der Waals surface area contributed by atoms with Crippen LogP contribution < -0.4 is 15.0 Å². The Morgan fingerprint density at radius 1 is 1.09 bits per heavy atom. The minimum Gasteiger partial charge on any atom is -0.490 e. The molecule has 1 aromatic rings. The van der Waals surface area contributed by atoms with Crippen LogP contribution in [0.25, 0.3) is 0 Å². The van der Waals surface area contributed by atoms with E-state index in [1.54, 1.807) is 7.05 Å². The number of hydrogen-bond donors (Lipinski definition) is 1. The molecule has 128 valence electrons. The van der Waals surface area contributed by atoms with Crippen molar-refractivity contribution in [1.29, 1.82) is 0 Å². The van der Waals surface area contributed by atoms with Gasteiger partial charge < -0.3 is 19.9 Å². The summed E-state index contributed by atoms with van der Waals surface area (Å²) in [5, 5.41) is 2.67. The monoisotopic (exact) mass is 339 g/mol. The second-order valence-corrected chi connectivity index (χ2v) is 6.05. The van der Waals surface area contributed by atoms with Crippen LogP contribution in [0, 0.1) is 0 Å². The molecule has 2 fully saturated rings. The van der Waals surface area contributed by atoms with Crippen molar-refractivity contribution in [2.45, 2.75) is 31.8 Å². The van der Waals surface area contributed by atoms with E-state index in [0.29, 0.717) is 0 Å². The van der Waals surface area contributed by atoms with E-state index in [-0.39, 0.29) is 24.5 Å². The van der Waals surface area contributed by atoms with Crippen molar-refractivity contribution in [2.75, 3.05) is 38.1 Å². The Morgan fingerprint density at radius 2 is 1.70 bits per heavy atom. The van der Waals surface area contributed by atoms with Gasteiger partial charge in [-0.15, -0.1) is 12.4 Å². The van der Waals surface area contributed by atoms with E-state index in [9.17, 15) is 4.79 Å². The van der Waals surface area contributed by atoms with Crippen molar-refractivity contribution in [1.82, 2.24) is 10.2 Å². The summed E-state index contributed by atoms with van der Waals surface area (Å²) in [4.78, 5) is 15.8. The molecule has 1 aromatic carbocycles. The molecule has 0 radical (unpaired) electrons. The highest BCUT2D eigenvalue weighted by atomic mass is 35.5. The zero-order valence-electron chi connectivity index (χ0n) is 13.7. The van der Waals surface area contributed by atoms with Crippen molar-refractivity contribution in [3.05, 3.63) is 24.3 Å². The number of piperidine rings is 1. The predicted octanol–water partition coefficient (Wildman–Crippen LogP) is 2.89. The van der Waals surface area contributed by atoms with Crippen LogP contribution in [0.4, 0.5) is 10.5 Å². The maximum absolute atomic E-state index is 11.6. The fourth-order valence-electron chi connectivity index (χ4n) is 3.24. The lowest BCUT2D eigenvalue weighted by atomic mass is 10.1. The molecule has 2 heterocycles. The number of carbonyl (C=O) groups excluding carboxylic acids is 1. The standard InChI is InChI=1S/C17H25N3O2.ClH/c1-18-17(21)20-12-8-16(9-13-20)22-15-6-4-14(5-7-15)19-10-2-3-11-19;/h4-7,16H,2-3,8-13H2,1H3,(H,18,21);1H. The zero-order chi connectivity index (χ0) is 15.4. The van der Waals surface area contributed by atoms with Gasteiger partial charge in [-0.1, -0.05) is 0 Å². The van der Waals surface area contributed by atoms with E-state index in [1.807, 2.05) is 4.90 Å². The number of nitrogens with zero attached hydrogens (tertiary/aromatic N) is 2. The summed E-state index contributed by atoms with van der Waals surface area (Å²) < 4.78 is 6.06. The van der Waals surface area contributed by atoms with Gasteiger partial charge in [-0.05, 0) is 37.1 Å². The summed E-state index contributed by atoms with van der Waals surface area (Å²) in [6.45, 7) is 3.85. The second-order valence-electron chi connectivity index (χ2n) is 6.05. The Bertz CT molecular complexity index is 495. The Morgan fingerprint density at radius 3 is 2.26 bits per heavy atom. The molecule has 2 saturated heterocycles. The van der Waals surface area contributed by atoms with Gasteiger partial charge in [0.05, 0.1) is 0 Å². The number of halogens is 1. The summed E-state index contributed by atoms with van der Waals surface area (Å²) in [7, 11) is 1.67. The molecule has 2 aliphatic rings. The Hall–Kier alpha value is -1.62. The molecular formula is C17H26ClN3O2. The van der Waals surface area contributed by atoms with Gasteiger partial charge in [0.2, 0.25) is 0 Å². The van der Waals surface area contributed by atoms with Crippen LogP contribution in [-0.4, -0.2) is 50.3 Å². The number of rotatable bonds is 3. The normalized spacial score (nSPS) is 18.5. The minimum absolute atomic E-state index is 0. The first-order chi connectivity index (χ1) is 10.8. The van der Waals surface area contributed by atoms with Crippen molar-refractivity contribution in [3.63, 3.8) is 0 Å². The third-order valence-corrected chi connectivity index (χ3v) is 4.55. The van der Waals surface area contributed by atoms with Crippen LogP contribution in [0.2, 0.25) is 0 Å². The van der Waals surface area contributed by atoms with Crippen LogP contribution in [0.3, 0.4) is 0 Å². The number of urea groups is 1. The van der Waals surface area contributed by atoms with E-state index in [2.05, 4.69) is 34.5 Å². The van der Waals surface area contributed by atoms with Crippen molar-refractivity contribution in [3.8, 4) is 5.75 Å². The van der Waals surface area contributed by atoms with E-state index in [0.717, 1.165) is 44.8 Å². The second kappa shape index (κ2) is 8.29.